The van der Waals surface area contributed by atoms with E-state index >= 15 is 4.39 Å². The fourth-order valence-electron chi connectivity index (χ4n) is 9.05. The summed E-state index contributed by atoms with van der Waals surface area (Å²) in [7, 11) is 1.60. The Kier molecular flexibility index (Phi) is 11.1. The van der Waals surface area contributed by atoms with Crippen LogP contribution in [0, 0.1) is 11.7 Å². The third-order valence-corrected chi connectivity index (χ3v) is 12.6. The molecule has 6 aromatic rings. The van der Waals surface area contributed by atoms with Gasteiger partial charge in [0.05, 0.1) is 36.1 Å². The molecule has 16 heteroatoms. The van der Waals surface area contributed by atoms with Gasteiger partial charge in [-0.05, 0) is 100 Å². The Morgan fingerprint density at radius 1 is 1.03 bits per heavy atom. The van der Waals surface area contributed by atoms with Gasteiger partial charge in [0.1, 0.15) is 53.1 Å². The molecule has 1 amide bonds. The minimum Gasteiger partial charge on any atom is -0.505 e. The van der Waals surface area contributed by atoms with E-state index in [0.717, 1.165) is 42.2 Å². The van der Waals surface area contributed by atoms with Crippen molar-refractivity contribution in [2.24, 2.45) is 5.92 Å². The lowest BCUT2D eigenvalue weighted by Gasteiger charge is -2.36. The number of amides is 1. The van der Waals surface area contributed by atoms with Gasteiger partial charge in [-0.1, -0.05) is 43.3 Å². The van der Waals surface area contributed by atoms with Crippen molar-refractivity contribution in [2.75, 3.05) is 31.7 Å². The third-order valence-electron chi connectivity index (χ3n) is 12.6. The number of methoxy groups -OCH3 is 1. The number of nitrogens with one attached hydrogen (secondary N) is 1. The normalized spacial score (nSPS) is 18.5. The summed E-state index contributed by atoms with van der Waals surface area (Å²) in [6.07, 6.45) is 7.18. The molecule has 4 atom stereocenters. The molecule has 0 spiro atoms. The predicted molar refractivity (Wildman–Crippen MR) is 235 cm³/mol. The van der Waals surface area contributed by atoms with Gasteiger partial charge in [-0.25, -0.2) is 13.9 Å². The van der Waals surface area contributed by atoms with Crippen LogP contribution in [-0.2, 0) is 27.1 Å². The van der Waals surface area contributed by atoms with Gasteiger partial charge in [0.15, 0.2) is 0 Å². The molecule has 1 aliphatic carbocycles. The molecule has 3 aliphatic rings. The number of H-pyrrole nitrogens is 1. The Morgan fingerprint density at radius 2 is 1.81 bits per heavy atom. The predicted octanol–water partition coefficient (Wildman–Crippen LogP) is 7.95. The molecular formula is C47H54FN9O6. The molecule has 9 rings (SSSR count). The molecule has 0 radical (unpaired) electrons. The maximum atomic E-state index is 16.6. The standard InChI is InChI=1S/C47H54FN9O6/c1-25(2)39(23-58)57-22-38(53-54-57)29-11-8-27(9-12-29)10-15-32-36(48)18-37-35(19-49-52-37)40(32)41-33(28-13-14-28)17-34-42(43(41)59)50-45(62-24-26(3)61-7)51-44(34)55-20-31-16-30(55)21-56(31)46(60)63-47(4,5)6/h8-9,11-12,17-19,22-23,25-26,28,30-31,39,59H,10,13-16,20-21,24H2,1-7H3,(H,49,52)/t26-,30?,31?,39?/m0/s1. The molecule has 1 saturated carbocycles. The van der Waals surface area contributed by atoms with Gasteiger partial charge in [-0.15, -0.1) is 5.10 Å². The molecule has 15 nitrogen and oxygen atoms in total. The smallest absolute Gasteiger partial charge is 0.410 e. The van der Waals surface area contributed by atoms with E-state index in [0.29, 0.717) is 75.9 Å². The molecule has 63 heavy (non-hydrogen) atoms. The summed E-state index contributed by atoms with van der Waals surface area (Å²) in [4.78, 5) is 38.7. The number of halogens is 1. The summed E-state index contributed by atoms with van der Waals surface area (Å²) < 4.78 is 35.5. The number of aromatic hydroxyl groups is 1. The van der Waals surface area contributed by atoms with E-state index in [9.17, 15) is 14.7 Å². The topological polar surface area (TPSA) is 174 Å². The van der Waals surface area contributed by atoms with E-state index in [2.05, 4.69) is 31.5 Å². The fourth-order valence-corrected chi connectivity index (χ4v) is 9.05. The second-order valence-corrected chi connectivity index (χ2v) is 18.6. The zero-order valence-electron chi connectivity index (χ0n) is 36.8. The lowest BCUT2D eigenvalue weighted by Crippen LogP contribution is -2.50. The van der Waals surface area contributed by atoms with Crippen molar-refractivity contribution in [3.8, 4) is 34.1 Å². The van der Waals surface area contributed by atoms with Crippen LogP contribution in [0.3, 0.4) is 0 Å². The first-order valence-electron chi connectivity index (χ1n) is 21.8. The minimum absolute atomic E-state index is 0.0410. The first-order chi connectivity index (χ1) is 30.2. The number of piperazine rings is 1. The van der Waals surface area contributed by atoms with E-state index in [-0.39, 0.29) is 54.5 Å². The maximum Gasteiger partial charge on any atom is 0.410 e. The monoisotopic (exact) mass is 859 g/mol. The minimum atomic E-state index is -0.613. The van der Waals surface area contributed by atoms with Crippen LogP contribution >= 0.6 is 0 Å². The van der Waals surface area contributed by atoms with Crippen LogP contribution in [0.2, 0.25) is 0 Å². The van der Waals surface area contributed by atoms with Crippen LogP contribution in [0.4, 0.5) is 15.0 Å². The quantitative estimate of drug-likeness (QED) is 0.101. The van der Waals surface area contributed by atoms with Gasteiger partial charge in [0.2, 0.25) is 0 Å². The van der Waals surface area contributed by atoms with Crippen LogP contribution in [-0.4, -0.2) is 108 Å². The molecule has 2 bridgehead atoms. The molecule has 3 unspecified atom stereocenters. The van der Waals surface area contributed by atoms with E-state index in [1.54, 1.807) is 29.1 Å². The van der Waals surface area contributed by atoms with Crippen LogP contribution in [0.5, 0.6) is 11.8 Å². The van der Waals surface area contributed by atoms with E-state index in [1.165, 1.54) is 6.07 Å². The lowest BCUT2D eigenvalue weighted by atomic mass is 9.86. The number of aldehydes is 1. The Hall–Kier alpha value is -6.16. The molecule has 330 valence electrons. The van der Waals surface area contributed by atoms with Crippen molar-refractivity contribution in [3.63, 3.8) is 0 Å². The van der Waals surface area contributed by atoms with Crippen molar-refractivity contribution in [3.05, 3.63) is 71.3 Å². The van der Waals surface area contributed by atoms with Gasteiger partial charge in [-0.2, -0.15) is 15.1 Å². The van der Waals surface area contributed by atoms with Crippen LogP contribution in [0.1, 0.15) is 89.5 Å². The SMILES string of the molecule is CO[C@@H](C)COc1nc(N2CC3CC2CN3C(=O)OC(C)(C)C)c2cc(C3CC3)c(-c3c(CCc4ccc(-c5cn(C(C=O)C(C)C)nn5)cc4)c(F)cc4[nH]ncc34)c(O)c2n1. The number of benzene rings is 3. The summed E-state index contributed by atoms with van der Waals surface area (Å²) in [6.45, 7) is 12.6. The highest BCUT2D eigenvalue weighted by Gasteiger charge is 2.48. The molecule has 2 saturated heterocycles. The number of aryl methyl sites for hydroxylation is 1. The number of ether oxygens (including phenoxy) is 3. The van der Waals surface area contributed by atoms with Crippen LogP contribution in [0.15, 0.2) is 48.8 Å². The number of phenolic OH excluding ortho intramolecular Hbond substituents is 1. The number of nitrogens with zero attached hydrogens (tertiary/aromatic N) is 8. The molecule has 3 fully saturated rings. The number of hydrogen-bond acceptors (Lipinski definition) is 12. The highest BCUT2D eigenvalue weighted by Crippen LogP contribution is 2.53. The van der Waals surface area contributed by atoms with Gasteiger partial charge < -0.3 is 33.9 Å². The second kappa shape index (κ2) is 16.5. The largest absolute Gasteiger partial charge is 0.505 e. The number of hydrogen-bond donors (Lipinski definition) is 2. The average Bonchev–Trinajstić information content (AvgIpc) is 3.56. The van der Waals surface area contributed by atoms with Gasteiger partial charge in [-0.3, -0.25) is 5.10 Å². The van der Waals surface area contributed by atoms with E-state index in [1.807, 2.05) is 65.8 Å². The van der Waals surface area contributed by atoms with E-state index < -0.39 is 17.5 Å². The maximum absolute atomic E-state index is 16.6. The molecule has 2 aliphatic heterocycles. The first kappa shape index (κ1) is 42.2. The number of phenols is 1. The van der Waals surface area contributed by atoms with Crippen LogP contribution < -0.4 is 9.64 Å². The van der Waals surface area contributed by atoms with Gasteiger partial charge in [0.25, 0.3) is 0 Å². The molecule has 2 N–H and O–H groups in total. The summed E-state index contributed by atoms with van der Waals surface area (Å²) in [6, 6.07) is 11.0. The number of aromatic amines is 1. The summed E-state index contributed by atoms with van der Waals surface area (Å²) >= 11 is 0. The number of fused-ring (bicyclic) bond motifs is 4. The van der Waals surface area contributed by atoms with Crippen molar-refractivity contribution in [2.45, 2.75) is 109 Å². The molecule has 3 aromatic heterocycles. The number of carbonyl (C=O) groups is 2. The van der Waals surface area contributed by atoms with Crippen molar-refractivity contribution in [1.29, 1.82) is 0 Å². The Balaban J connectivity index is 1.10. The zero-order valence-corrected chi connectivity index (χ0v) is 36.8. The molecular weight excluding hydrogens is 806 g/mol. The Labute approximate surface area is 364 Å². The zero-order chi connectivity index (χ0) is 44.3. The van der Waals surface area contributed by atoms with Gasteiger partial charge in [0, 0.05) is 47.7 Å². The highest BCUT2D eigenvalue weighted by atomic mass is 19.1. The Morgan fingerprint density at radius 3 is 2.48 bits per heavy atom. The van der Waals surface area contributed by atoms with Gasteiger partial charge >= 0.3 is 12.1 Å². The third kappa shape index (κ3) is 8.16. The number of aromatic nitrogens is 7. The fraction of sp³-hybridized carbons (Fsp3) is 0.468. The number of anilines is 1. The lowest BCUT2D eigenvalue weighted by molar-refractivity contribution is -0.111. The van der Waals surface area contributed by atoms with Crippen molar-refractivity contribution >= 4 is 40.0 Å². The first-order valence-corrected chi connectivity index (χ1v) is 21.8. The van der Waals surface area contributed by atoms with Crippen molar-refractivity contribution in [1.82, 2.24) is 40.1 Å². The van der Waals surface area contributed by atoms with Crippen molar-refractivity contribution < 1.29 is 33.3 Å². The second-order valence-electron chi connectivity index (χ2n) is 18.6. The number of carbonyl (C=O) groups excluding carboxylic acids is 2. The molecule has 3 aromatic carbocycles. The highest BCUT2D eigenvalue weighted by molar-refractivity contribution is 6.06. The Bertz CT molecular complexity index is 2690. The summed E-state index contributed by atoms with van der Waals surface area (Å²) in [5.41, 5.74) is 5.14. The number of likely N-dealkylation sites (tertiary alicyclic amines) is 1. The van der Waals surface area contributed by atoms with E-state index in [4.69, 9.17) is 24.2 Å². The summed E-state index contributed by atoms with van der Waals surface area (Å²) in [5, 5.41) is 29.8. The molecule has 5 heterocycles. The van der Waals surface area contributed by atoms with Crippen LogP contribution in [0.25, 0.3) is 44.2 Å². The average molecular weight is 860 g/mol. The summed E-state index contributed by atoms with van der Waals surface area (Å²) in [5.74, 6) is 0.325. The number of rotatable bonds is 14.